The number of benzene rings is 1. The molecule has 0 saturated heterocycles. The van der Waals surface area contributed by atoms with Crippen LogP contribution in [0.3, 0.4) is 0 Å². The highest BCUT2D eigenvalue weighted by Gasteiger charge is 2.35. The summed E-state index contributed by atoms with van der Waals surface area (Å²) in [6.45, 7) is 3.26. The minimum Gasteiger partial charge on any atom is -0.361 e. The molecule has 1 aromatic heterocycles. The van der Waals surface area contributed by atoms with Crippen molar-refractivity contribution in [2.45, 2.75) is 38.8 Å². The summed E-state index contributed by atoms with van der Waals surface area (Å²) in [6, 6.07) is 9.41. The molecular weight excluding hydrogens is 208 g/mol. The second-order valence-corrected chi connectivity index (χ2v) is 5.13. The second kappa shape index (κ2) is 4.53. The molecule has 3 rings (SSSR count). The largest absolute Gasteiger partial charge is 0.361 e. The Morgan fingerprint density at radius 2 is 2.29 bits per heavy atom. The van der Waals surface area contributed by atoms with E-state index in [1.165, 1.54) is 35.7 Å². The normalized spacial score (nSPS) is 23.1. The van der Waals surface area contributed by atoms with Crippen molar-refractivity contribution >= 4 is 10.9 Å². The van der Waals surface area contributed by atoms with Gasteiger partial charge in [0.05, 0.1) is 0 Å². The summed E-state index contributed by atoms with van der Waals surface area (Å²) >= 11 is 0. The Hall–Kier alpha value is -1.28. The molecule has 0 bridgehead atoms. The molecule has 90 valence electrons. The third-order valence-electron chi connectivity index (χ3n) is 3.81. The van der Waals surface area contributed by atoms with Crippen LogP contribution in [0, 0.1) is 5.92 Å². The number of para-hydroxylation sites is 1. The molecule has 1 fully saturated rings. The number of rotatable bonds is 5. The molecule has 0 amide bonds. The Morgan fingerprint density at radius 3 is 3.18 bits per heavy atom. The molecule has 2 unspecified atom stereocenters. The van der Waals surface area contributed by atoms with Gasteiger partial charge in [0.15, 0.2) is 0 Å². The van der Waals surface area contributed by atoms with Gasteiger partial charge in [-0.05, 0) is 35.8 Å². The molecule has 2 N–H and O–H groups in total. The predicted octanol–water partition coefficient (Wildman–Crippen LogP) is 3.45. The Balaban J connectivity index is 1.64. The van der Waals surface area contributed by atoms with Gasteiger partial charge >= 0.3 is 0 Å². The number of hydrogen-bond donors (Lipinski definition) is 2. The fourth-order valence-electron chi connectivity index (χ4n) is 2.73. The van der Waals surface area contributed by atoms with Crippen LogP contribution in [0.1, 0.15) is 31.7 Å². The highest BCUT2D eigenvalue weighted by Crippen LogP contribution is 2.34. The number of fused-ring (bicyclic) bond motifs is 1. The summed E-state index contributed by atoms with van der Waals surface area (Å²) in [6.07, 6.45) is 6.08. The zero-order valence-corrected chi connectivity index (χ0v) is 10.4. The van der Waals surface area contributed by atoms with Crippen molar-refractivity contribution in [3.05, 3.63) is 36.0 Å². The molecule has 0 spiro atoms. The number of H-pyrrole nitrogens is 1. The molecule has 0 radical (unpaired) electrons. The van der Waals surface area contributed by atoms with E-state index in [0.29, 0.717) is 0 Å². The average Bonchev–Trinajstić information content (AvgIpc) is 2.90. The van der Waals surface area contributed by atoms with Crippen molar-refractivity contribution in [1.29, 1.82) is 0 Å². The van der Waals surface area contributed by atoms with Gasteiger partial charge in [0, 0.05) is 24.3 Å². The van der Waals surface area contributed by atoms with Gasteiger partial charge in [-0.15, -0.1) is 0 Å². The summed E-state index contributed by atoms with van der Waals surface area (Å²) in [5.41, 5.74) is 2.67. The van der Waals surface area contributed by atoms with Crippen molar-refractivity contribution in [2.24, 2.45) is 5.92 Å². The first-order valence-electron chi connectivity index (χ1n) is 6.67. The van der Waals surface area contributed by atoms with Crippen molar-refractivity contribution in [3.63, 3.8) is 0 Å². The van der Waals surface area contributed by atoms with Crippen LogP contribution in [-0.2, 0) is 6.54 Å². The van der Waals surface area contributed by atoms with Crippen LogP contribution in [0.2, 0.25) is 0 Å². The van der Waals surface area contributed by atoms with Gasteiger partial charge in [-0.3, -0.25) is 0 Å². The van der Waals surface area contributed by atoms with E-state index >= 15 is 0 Å². The summed E-state index contributed by atoms with van der Waals surface area (Å²) in [4.78, 5) is 3.33. The molecule has 0 aliphatic heterocycles. The lowest BCUT2D eigenvalue weighted by Crippen LogP contribution is -2.17. The highest BCUT2D eigenvalue weighted by molar-refractivity contribution is 5.82. The molecule has 1 heterocycles. The first kappa shape index (κ1) is 10.8. The predicted molar refractivity (Wildman–Crippen MR) is 71.9 cm³/mol. The number of hydrogen-bond acceptors (Lipinski definition) is 1. The Morgan fingerprint density at radius 1 is 1.35 bits per heavy atom. The van der Waals surface area contributed by atoms with E-state index in [1.807, 2.05) is 6.20 Å². The Labute approximate surface area is 102 Å². The van der Waals surface area contributed by atoms with Gasteiger partial charge in [0.1, 0.15) is 0 Å². The Bertz CT molecular complexity index is 500. The molecule has 2 atom stereocenters. The molecular formula is C15H20N2. The molecule has 2 heteroatoms. The lowest BCUT2D eigenvalue weighted by molar-refractivity contribution is 0.600. The van der Waals surface area contributed by atoms with Gasteiger partial charge in [0.25, 0.3) is 0 Å². The fourth-order valence-corrected chi connectivity index (χ4v) is 2.73. The number of aromatic amines is 1. The van der Waals surface area contributed by atoms with Crippen molar-refractivity contribution in [3.8, 4) is 0 Å². The van der Waals surface area contributed by atoms with Crippen molar-refractivity contribution in [2.75, 3.05) is 0 Å². The summed E-state index contributed by atoms with van der Waals surface area (Å²) < 4.78 is 0. The van der Waals surface area contributed by atoms with Gasteiger partial charge in [-0.25, -0.2) is 0 Å². The van der Waals surface area contributed by atoms with Gasteiger partial charge in [0.2, 0.25) is 0 Å². The van der Waals surface area contributed by atoms with E-state index < -0.39 is 0 Å². The van der Waals surface area contributed by atoms with E-state index in [0.717, 1.165) is 18.5 Å². The Kier molecular flexibility index (Phi) is 2.89. The molecule has 1 aromatic carbocycles. The van der Waals surface area contributed by atoms with Gasteiger partial charge in [-0.1, -0.05) is 31.5 Å². The highest BCUT2D eigenvalue weighted by atomic mass is 15.0. The topological polar surface area (TPSA) is 27.8 Å². The van der Waals surface area contributed by atoms with Crippen LogP contribution < -0.4 is 5.32 Å². The van der Waals surface area contributed by atoms with Crippen molar-refractivity contribution in [1.82, 2.24) is 10.3 Å². The monoisotopic (exact) mass is 228 g/mol. The first-order valence-corrected chi connectivity index (χ1v) is 6.67. The summed E-state index contributed by atoms with van der Waals surface area (Å²) in [5, 5.41) is 4.98. The van der Waals surface area contributed by atoms with Gasteiger partial charge in [-0.2, -0.15) is 0 Å². The maximum absolute atomic E-state index is 3.67. The summed E-state index contributed by atoms with van der Waals surface area (Å²) in [7, 11) is 0. The van der Waals surface area contributed by atoms with E-state index in [2.05, 4.69) is 41.5 Å². The van der Waals surface area contributed by atoms with Crippen LogP contribution in [0.25, 0.3) is 10.9 Å². The van der Waals surface area contributed by atoms with E-state index in [-0.39, 0.29) is 0 Å². The number of aromatic nitrogens is 1. The first-order chi connectivity index (χ1) is 8.38. The zero-order valence-electron chi connectivity index (χ0n) is 10.4. The molecule has 17 heavy (non-hydrogen) atoms. The minimum absolute atomic E-state index is 0.764. The third-order valence-corrected chi connectivity index (χ3v) is 3.81. The quantitative estimate of drug-likeness (QED) is 0.806. The van der Waals surface area contributed by atoms with Crippen LogP contribution in [0.4, 0.5) is 0 Å². The molecule has 1 aliphatic rings. The molecule has 1 saturated carbocycles. The molecule has 2 aromatic rings. The maximum atomic E-state index is 3.67. The SMILES string of the molecule is CCCC1CC1NCc1cccc2cc[nH]c12. The van der Waals surface area contributed by atoms with Crippen LogP contribution in [-0.4, -0.2) is 11.0 Å². The standard InChI is InChI=1S/C15H20N2/c1-2-4-12-9-14(12)17-10-13-6-3-5-11-7-8-16-15(11)13/h3,5-8,12,14,16-17H,2,4,9-10H2,1H3. The lowest BCUT2D eigenvalue weighted by atomic mass is 10.1. The van der Waals surface area contributed by atoms with Crippen LogP contribution in [0.5, 0.6) is 0 Å². The van der Waals surface area contributed by atoms with E-state index in [9.17, 15) is 0 Å². The lowest BCUT2D eigenvalue weighted by Gasteiger charge is -2.05. The number of nitrogens with one attached hydrogen (secondary N) is 2. The third kappa shape index (κ3) is 2.22. The van der Waals surface area contributed by atoms with E-state index in [4.69, 9.17) is 0 Å². The van der Waals surface area contributed by atoms with Crippen LogP contribution >= 0.6 is 0 Å². The average molecular weight is 228 g/mol. The molecule has 1 aliphatic carbocycles. The zero-order chi connectivity index (χ0) is 11.7. The molecule has 2 nitrogen and oxygen atoms in total. The smallest absolute Gasteiger partial charge is 0.0499 e. The minimum atomic E-state index is 0.764. The van der Waals surface area contributed by atoms with Crippen molar-refractivity contribution < 1.29 is 0 Å². The maximum Gasteiger partial charge on any atom is 0.0499 e. The van der Waals surface area contributed by atoms with Crippen LogP contribution in [0.15, 0.2) is 30.5 Å². The van der Waals surface area contributed by atoms with E-state index in [1.54, 1.807) is 0 Å². The summed E-state index contributed by atoms with van der Waals surface area (Å²) in [5.74, 6) is 0.933. The second-order valence-electron chi connectivity index (χ2n) is 5.13. The van der Waals surface area contributed by atoms with Gasteiger partial charge < -0.3 is 10.3 Å². The fraction of sp³-hybridized carbons (Fsp3) is 0.467.